The van der Waals surface area contributed by atoms with Crippen molar-refractivity contribution in [2.24, 2.45) is 11.7 Å². The number of likely N-dealkylation sites (tertiary alicyclic amines) is 3. The van der Waals surface area contributed by atoms with E-state index >= 15 is 0 Å². The van der Waals surface area contributed by atoms with Crippen LogP contribution in [0.25, 0.3) is 0 Å². The summed E-state index contributed by atoms with van der Waals surface area (Å²) in [6, 6.07) is 7.41. The van der Waals surface area contributed by atoms with Crippen molar-refractivity contribution in [3.8, 4) is 6.07 Å². The summed E-state index contributed by atoms with van der Waals surface area (Å²) in [4.78, 5) is 31.2. The number of nitrogens with zero attached hydrogens (tertiary/aromatic N) is 4. The Morgan fingerprint density at radius 3 is 2.90 bits per heavy atom. The van der Waals surface area contributed by atoms with Crippen molar-refractivity contribution in [3.63, 3.8) is 0 Å². The Bertz CT molecular complexity index is 901. The van der Waals surface area contributed by atoms with E-state index in [0.717, 1.165) is 18.4 Å². The van der Waals surface area contributed by atoms with Gasteiger partial charge in [0.2, 0.25) is 11.8 Å². The minimum atomic E-state index is -0.728. The van der Waals surface area contributed by atoms with E-state index in [1.54, 1.807) is 11.0 Å². The lowest BCUT2D eigenvalue weighted by Crippen LogP contribution is -2.56. The van der Waals surface area contributed by atoms with Crippen LogP contribution >= 0.6 is 0 Å². The Morgan fingerprint density at radius 2 is 2.17 bits per heavy atom. The molecule has 0 aromatic heterocycles. The Balaban J connectivity index is 1.21. The molecule has 0 spiro atoms. The zero-order chi connectivity index (χ0) is 20.3. The predicted molar refractivity (Wildman–Crippen MR) is 101 cm³/mol. The lowest BCUT2D eigenvalue weighted by molar-refractivity contribution is -0.139. The van der Waals surface area contributed by atoms with Crippen molar-refractivity contribution < 1.29 is 14.0 Å². The number of benzene rings is 1. The van der Waals surface area contributed by atoms with Crippen molar-refractivity contribution in [1.82, 2.24) is 14.7 Å². The molecule has 1 aromatic rings. The van der Waals surface area contributed by atoms with Gasteiger partial charge in [0.15, 0.2) is 0 Å². The summed E-state index contributed by atoms with van der Waals surface area (Å²) in [5.41, 5.74) is 7.00. The molecule has 7 nitrogen and oxygen atoms in total. The second kappa shape index (κ2) is 6.78. The molecule has 6 atom stereocenters. The smallest absolute Gasteiger partial charge is 0.242 e. The number of hydrogen-bond donors (Lipinski definition) is 1. The van der Waals surface area contributed by atoms with Gasteiger partial charge in [-0.3, -0.25) is 14.5 Å². The van der Waals surface area contributed by atoms with Crippen LogP contribution in [-0.4, -0.2) is 69.8 Å². The maximum Gasteiger partial charge on any atom is 0.242 e. The van der Waals surface area contributed by atoms with Crippen molar-refractivity contribution >= 4 is 11.8 Å². The highest BCUT2D eigenvalue weighted by molar-refractivity contribution is 5.86. The third-order valence-corrected chi connectivity index (χ3v) is 6.89. The molecular weight excluding hydrogens is 373 g/mol. The summed E-state index contributed by atoms with van der Waals surface area (Å²) in [6.07, 6.45) is 2.43. The van der Waals surface area contributed by atoms with Gasteiger partial charge in [0.05, 0.1) is 18.2 Å². The number of hydrogen-bond acceptors (Lipinski definition) is 5. The summed E-state index contributed by atoms with van der Waals surface area (Å²) in [5, 5.41) is 9.31. The van der Waals surface area contributed by atoms with Gasteiger partial charge in [-0.2, -0.15) is 5.26 Å². The SMILES string of the molecule is N#C[C@@H]1C[C@@H]2C[C@@H]2N1C(=O)C(N)CN1CC2CC1C(=O)N2Cc1cccc(F)c1. The van der Waals surface area contributed by atoms with E-state index < -0.39 is 6.04 Å². The summed E-state index contributed by atoms with van der Waals surface area (Å²) < 4.78 is 13.4. The fourth-order valence-electron chi connectivity index (χ4n) is 5.39. The summed E-state index contributed by atoms with van der Waals surface area (Å²) in [6.45, 7) is 1.39. The van der Waals surface area contributed by atoms with Gasteiger partial charge in [-0.25, -0.2) is 4.39 Å². The van der Waals surface area contributed by atoms with Crippen LogP contribution < -0.4 is 5.73 Å². The van der Waals surface area contributed by atoms with Crippen LogP contribution in [0.15, 0.2) is 24.3 Å². The van der Waals surface area contributed by atoms with Gasteiger partial charge in [0, 0.05) is 31.7 Å². The van der Waals surface area contributed by atoms with E-state index in [2.05, 4.69) is 6.07 Å². The maximum absolute atomic E-state index is 13.4. The van der Waals surface area contributed by atoms with Crippen LogP contribution in [0.1, 0.15) is 24.8 Å². The third kappa shape index (κ3) is 3.09. The van der Waals surface area contributed by atoms with Crippen LogP contribution in [0.4, 0.5) is 4.39 Å². The number of carbonyl (C=O) groups excluding carboxylic acids is 2. The molecule has 1 aliphatic carbocycles. The van der Waals surface area contributed by atoms with Crippen molar-refractivity contribution in [3.05, 3.63) is 35.6 Å². The molecule has 8 heteroatoms. The van der Waals surface area contributed by atoms with Gasteiger partial charge in [-0.15, -0.1) is 0 Å². The molecule has 152 valence electrons. The minimum absolute atomic E-state index is 0.0171. The molecule has 0 radical (unpaired) electrons. The Morgan fingerprint density at radius 1 is 1.34 bits per heavy atom. The molecule has 2 amide bonds. The van der Waals surface area contributed by atoms with Gasteiger partial charge in [0.1, 0.15) is 11.9 Å². The first kappa shape index (κ1) is 18.5. The molecule has 3 saturated heterocycles. The van der Waals surface area contributed by atoms with E-state index in [-0.39, 0.29) is 41.8 Å². The molecule has 3 aliphatic heterocycles. The zero-order valence-electron chi connectivity index (χ0n) is 16.1. The highest BCUT2D eigenvalue weighted by Gasteiger charge is 2.55. The number of nitrogens with two attached hydrogens (primary N) is 1. The molecule has 3 unspecified atom stereocenters. The fraction of sp³-hybridized carbons (Fsp3) is 0.571. The zero-order valence-corrected chi connectivity index (χ0v) is 16.1. The van der Waals surface area contributed by atoms with Crippen molar-refractivity contribution in [1.29, 1.82) is 5.26 Å². The summed E-state index contributed by atoms with van der Waals surface area (Å²) in [7, 11) is 0. The second-order valence-corrected chi connectivity index (χ2v) is 8.75. The van der Waals surface area contributed by atoms with E-state index in [1.807, 2.05) is 15.9 Å². The first-order valence-corrected chi connectivity index (χ1v) is 10.2. The first-order valence-electron chi connectivity index (χ1n) is 10.2. The topological polar surface area (TPSA) is 93.7 Å². The predicted octanol–water partition coefficient (Wildman–Crippen LogP) is 0.451. The number of carbonyl (C=O) groups is 2. The van der Waals surface area contributed by atoms with Gasteiger partial charge in [-0.05, 0) is 42.9 Å². The number of piperidine rings is 1. The van der Waals surface area contributed by atoms with Crippen LogP contribution in [0.2, 0.25) is 0 Å². The first-order chi connectivity index (χ1) is 14.0. The molecule has 4 aliphatic rings. The minimum Gasteiger partial charge on any atom is -0.333 e. The summed E-state index contributed by atoms with van der Waals surface area (Å²) in [5.74, 6) is -0.00524. The number of rotatable bonds is 5. The normalized spacial score (nSPS) is 33.7. The van der Waals surface area contributed by atoms with Gasteiger partial charge < -0.3 is 15.5 Å². The average molecular weight is 397 g/mol. The monoisotopic (exact) mass is 397 g/mol. The molecule has 29 heavy (non-hydrogen) atoms. The lowest BCUT2D eigenvalue weighted by atomic mass is 10.1. The van der Waals surface area contributed by atoms with Crippen molar-refractivity contribution in [2.45, 2.75) is 56.0 Å². The second-order valence-electron chi connectivity index (χ2n) is 8.75. The van der Waals surface area contributed by atoms with Crippen LogP contribution in [0, 0.1) is 23.1 Å². The Hall–Kier alpha value is -2.50. The molecule has 2 N–H and O–H groups in total. The Labute approximate surface area is 168 Å². The lowest BCUT2D eigenvalue weighted by Gasteiger charge is -2.35. The van der Waals surface area contributed by atoms with Crippen LogP contribution in [-0.2, 0) is 16.1 Å². The quantitative estimate of drug-likeness (QED) is 0.779. The van der Waals surface area contributed by atoms with E-state index in [0.29, 0.717) is 32.0 Å². The van der Waals surface area contributed by atoms with Gasteiger partial charge in [0.25, 0.3) is 0 Å². The number of amides is 2. The van der Waals surface area contributed by atoms with Gasteiger partial charge in [-0.1, -0.05) is 12.1 Å². The standard InChI is InChI=1S/C21H24FN5O2/c22-14-3-1-2-12(4-14)9-26-16-7-19(21(26)29)25(10-16)11-17(24)20(28)27-15(8-23)5-13-6-18(13)27/h1-4,13,15-19H,5-7,9-11,24H2/t13-,15+,16?,17?,18+,19?/m1/s1. The van der Waals surface area contributed by atoms with E-state index in [9.17, 15) is 19.2 Å². The highest BCUT2D eigenvalue weighted by Crippen LogP contribution is 2.47. The van der Waals surface area contributed by atoms with Gasteiger partial charge >= 0.3 is 0 Å². The molecule has 1 saturated carbocycles. The largest absolute Gasteiger partial charge is 0.333 e. The van der Waals surface area contributed by atoms with Crippen molar-refractivity contribution in [2.75, 3.05) is 13.1 Å². The highest BCUT2D eigenvalue weighted by atomic mass is 19.1. The van der Waals surface area contributed by atoms with Crippen LogP contribution in [0.3, 0.4) is 0 Å². The molecule has 4 fully saturated rings. The molecule has 5 rings (SSSR count). The maximum atomic E-state index is 13.4. The third-order valence-electron chi connectivity index (χ3n) is 6.89. The molecule has 3 heterocycles. The Kier molecular flexibility index (Phi) is 4.33. The number of nitriles is 1. The molecular formula is C21H24FN5O2. The fourth-order valence-corrected chi connectivity index (χ4v) is 5.39. The number of fused-ring (bicyclic) bond motifs is 3. The van der Waals surface area contributed by atoms with Crippen LogP contribution in [0.5, 0.6) is 0 Å². The van der Waals surface area contributed by atoms with E-state index in [1.165, 1.54) is 12.1 Å². The number of piperazine rings is 1. The average Bonchev–Trinajstić information content (AvgIpc) is 3.04. The molecule has 1 aromatic carbocycles. The number of halogens is 1. The molecule has 2 bridgehead atoms. The van der Waals surface area contributed by atoms with E-state index in [4.69, 9.17) is 5.73 Å². The summed E-state index contributed by atoms with van der Waals surface area (Å²) >= 11 is 0.